The molecule has 0 spiro atoms. The predicted molar refractivity (Wildman–Crippen MR) is 250 cm³/mol. The lowest BCUT2D eigenvalue weighted by Gasteiger charge is -2.38. The minimum absolute atomic E-state index is 0.0693. The monoisotopic (exact) mass is 864 g/mol. The van der Waals surface area contributed by atoms with Gasteiger partial charge in [0.15, 0.2) is 11.6 Å². The highest BCUT2D eigenvalue weighted by molar-refractivity contribution is 8.29. The van der Waals surface area contributed by atoms with Gasteiger partial charge >= 0.3 is 0 Å². The Morgan fingerprint density at radius 1 is 0.508 bits per heavy atom. The summed E-state index contributed by atoms with van der Waals surface area (Å²) in [5.41, 5.74) is 5.05. The Kier molecular flexibility index (Phi) is 16.0. The zero-order chi connectivity index (χ0) is 43.6. The lowest BCUT2D eigenvalue weighted by atomic mass is 9.80. The maximum absolute atomic E-state index is 14.1. The van der Waals surface area contributed by atoms with Crippen molar-refractivity contribution in [3.05, 3.63) is 130 Å². The molecule has 2 aliphatic heterocycles. The first kappa shape index (κ1) is 46.2. The van der Waals surface area contributed by atoms with Crippen LogP contribution in [-0.4, -0.2) is 129 Å². The molecule has 0 N–H and O–H groups in total. The van der Waals surface area contributed by atoms with Gasteiger partial charge in [-0.15, -0.1) is 0 Å². The number of ketones is 2. The second kappa shape index (κ2) is 21.2. The Labute approximate surface area is 370 Å². The zero-order valence-corrected chi connectivity index (χ0v) is 38.1. The van der Waals surface area contributed by atoms with Gasteiger partial charge in [0.1, 0.15) is 0 Å². The van der Waals surface area contributed by atoms with E-state index in [0.717, 1.165) is 72.2 Å². The van der Waals surface area contributed by atoms with E-state index in [0.29, 0.717) is 74.4 Å². The molecule has 6 rings (SSSR count). The zero-order valence-electron chi connectivity index (χ0n) is 36.5. The molecule has 0 aliphatic carbocycles. The SMILES string of the molecule is CCC(Cc1ccc(C(=O)SCSC(=O)c2ccc(CC(CC)(C(=O)c3ccc(N4CCOCC4)cc3)N(C)C)cc2)cc1)(C(=O)c1ccc(N2CCOCC2)cc1)N(C)C. The van der Waals surface area contributed by atoms with Crippen molar-refractivity contribution in [2.45, 2.75) is 50.6 Å². The van der Waals surface area contributed by atoms with Crippen LogP contribution >= 0.6 is 23.5 Å². The number of hydrogen-bond acceptors (Lipinski definition) is 12. The molecular weight excluding hydrogens is 805 g/mol. The molecule has 10 nitrogen and oxygen atoms in total. The highest BCUT2D eigenvalue weighted by Crippen LogP contribution is 2.32. The van der Waals surface area contributed by atoms with Crippen LogP contribution in [-0.2, 0) is 22.3 Å². The summed E-state index contributed by atoms with van der Waals surface area (Å²) < 4.78 is 11.0. The van der Waals surface area contributed by atoms with Crippen molar-refractivity contribution in [1.29, 1.82) is 0 Å². The van der Waals surface area contributed by atoms with Gasteiger partial charge in [-0.2, -0.15) is 0 Å². The van der Waals surface area contributed by atoms with Crippen molar-refractivity contribution in [3.63, 3.8) is 0 Å². The Balaban J connectivity index is 1.02. The quantitative estimate of drug-likeness (QED) is 0.0716. The number of hydrogen-bond donors (Lipinski definition) is 0. The number of thioether (sulfide) groups is 2. The number of Topliss-reactive ketones (excluding diaryl/α,β-unsaturated/α-hetero) is 2. The molecule has 2 heterocycles. The van der Waals surface area contributed by atoms with Crippen LogP contribution in [0.2, 0.25) is 0 Å². The van der Waals surface area contributed by atoms with Crippen LogP contribution in [0.15, 0.2) is 97.1 Å². The number of ether oxygens (including phenoxy) is 2. The number of benzene rings is 4. The van der Waals surface area contributed by atoms with E-state index in [2.05, 4.69) is 9.80 Å². The number of carbonyl (C=O) groups is 4. The largest absolute Gasteiger partial charge is 0.378 e. The van der Waals surface area contributed by atoms with E-state index in [4.69, 9.17) is 9.47 Å². The van der Waals surface area contributed by atoms with E-state index in [1.807, 2.05) is 149 Å². The van der Waals surface area contributed by atoms with E-state index < -0.39 is 11.1 Å². The van der Waals surface area contributed by atoms with Gasteiger partial charge in [-0.25, -0.2) is 0 Å². The summed E-state index contributed by atoms with van der Waals surface area (Å²) in [6.07, 6.45) is 2.24. The van der Waals surface area contributed by atoms with Gasteiger partial charge in [0.05, 0.1) is 42.6 Å². The number of rotatable bonds is 18. The average Bonchev–Trinajstić information content (AvgIpc) is 3.30. The van der Waals surface area contributed by atoms with E-state index in [-0.39, 0.29) is 26.9 Å². The highest BCUT2D eigenvalue weighted by Gasteiger charge is 2.41. The molecule has 4 aromatic rings. The Hall–Kier alpha value is -4.30. The number of likely N-dealkylation sites (N-methyl/N-ethyl adjacent to an activating group) is 2. The molecule has 0 saturated carbocycles. The third kappa shape index (κ3) is 10.8. The van der Waals surface area contributed by atoms with E-state index >= 15 is 0 Å². The number of nitrogens with zero attached hydrogens (tertiary/aromatic N) is 4. The summed E-state index contributed by atoms with van der Waals surface area (Å²) in [5, 5.41) is 0.0406. The van der Waals surface area contributed by atoms with Gasteiger partial charge in [-0.3, -0.25) is 29.0 Å². The number of anilines is 2. The maximum Gasteiger partial charge on any atom is 0.220 e. The van der Waals surface area contributed by atoms with Crippen molar-refractivity contribution < 1.29 is 28.7 Å². The highest BCUT2D eigenvalue weighted by atomic mass is 32.2. The first-order valence-corrected chi connectivity index (χ1v) is 23.2. The topological polar surface area (TPSA) is 99.7 Å². The van der Waals surface area contributed by atoms with Gasteiger partial charge in [0.2, 0.25) is 10.2 Å². The summed E-state index contributed by atoms with van der Waals surface area (Å²) in [6.45, 7) is 10.2. The minimum atomic E-state index is -0.755. The van der Waals surface area contributed by atoms with Crippen LogP contribution in [0.4, 0.5) is 11.4 Å². The van der Waals surface area contributed by atoms with Crippen molar-refractivity contribution in [2.24, 2.45) is 0 Å². The van der Waals surface area contributed by atoms with Crippen LogP contribution in [0, 0.1) is 0 Å². The normalized spacial score (nSPS) is 16.6. The molecule has 4 aromatic carbocycles. The van der Waals surface area contributed by atoms with Gasteiger partial charge in [0.25, 0.3) is 0 Å². The van der Waals surface area contributed by atoms with E-state index in [1.54, 1.807) is 0 Å². The smallest absolute Gasteiger partial charge is 0.220 e. The van der Waals surface area contributed by atoms with Gasteiger partial charge in [-0.1, -0.05) is 85.9 Å². The van der Waals surface area contributed by atoms with E-state index in [9.17, 15) is 19.2 Å². The average molecular weight is 865 g/mol. The molecule has 12 heteroatoms. The standard InChI is InChI=1S/C49H60N4O6S2/c1-7-48(50(3)4,44(54)38-17-21-42(22-18-38)52-25-29-58-30-26-52)33-36-9-13-40(14-10-36)46(56)60-35-61-47(57)41-15-11-37(12-16-41)34-49(8-2,51(5)6)45(55)39-19-23-43(24-20-39)53-27-31-59-32-28-53/h9-24H,7-8,25-35H2,1-6H3. The second-order valence-electron chi connectivity index (χ2n) is 16.2. The fourth-order valence-electron chi connectivity index (χ4n) is 8.41. The fourth-order valence-corrected chi connectivity index (χ4v) is 10.1. The first-order chi connectivity index (χ1) is 29.4. The summed E-state index contributed by atoms with van der Waals surface area (Å²) in [4.78, 5) is 63.2. The molecule has 0 aromatic heterocycles. The van der Waals surface area contributed by atoms with Crippen molar-refractivity contribution in [3.8, 4) is 0 Å². The third-order valence-electron chi connectivity index (χ3n) is 12.5. The summed E-state index contributed by atoms with van der Waals surface area (Å²) in [7, 11) is 7.79. The van der Waals surface area contributed by atoms with Gasteiger partial charge < -0.3 is 19.3 Å². The van der Waals surface area contributed by atoms with Crippen LogP contribution < -0.4 is 9.80 Å². The number of carbonyl (C=O) groups excluding carboxylic acids is 4. The second-order valence-corrected chi connectivity index (χ2v) is 18.5. The number of morpholine rings is 2. The van der Waals surface area contributed by atoms with Crippen molar-refractivity contribution in [2.75, 3.05) is 95.7 Å². The summed E-state index contributed by atoms with van der Waals surface area (Å²) in [6, 6.07) is 30.8. The molecule has 2 saturated heterocycles. The van der Waals surface area contributed by atoms with Gasteiger partial charge in [0, 0.05) is 59.8 Å². The molecule has 0 bridgehead atoms. The Bertz CT molecular complexity index is 1950. The molecular formula is C49H60N4O6S2. The van der Waals surface area contributed by atoms with Gasteiger partial charge in [-0.05, 0) is 114 Å². The third-order valence-corrected chi connectivity index (χ3v) is 14.4. The molecule has 324 valence electrons. The van der Waals surface area contributed by atoms with Crippen molar-refractivity contribution >= 4 is 56.7 Å². The van der Waals surface area contributed by atoms with Crippen LogP contribution in [0.25, 0.3) is 0 Å². The molecule has 2 atom stereocenters. The van der Waals surface area contributed by atoms with Crippen LogP contribution in [0.1, 0.15) is 79.2 Å². The first-order valence-electron chi connectivity index (χ1n) is 21.2. The van der Waals surface area contributed by atoms with Crippen molar-refractivity contribution in [1.82, 2.24) is 9.80 Å². The van der Waals surface area contributed by atoms with Crippen LogP contribution in [0.3, 0.4) is 0 Å². The summed E-state index contributed by atoms with van der Waals surface area (Å²) >= 11 is 2.20. The molecule has 61 heavy (non-hydrogen) atoms. The summed E-state index contributed by atoms with van der Waals surface area (Å²) in [5.74, 6) is 0.139. The molecule has 2 aliphatic rings. The lowest BCUT2D eigenvalue weighted by molar-refractivity contribution is 0.0661. The van der Waals surface area contributed by atoms with E-state index in [1.165, 1.54) is 0 Å². The maximum atomic E-state index is 14.1. The van der Waals surface area contributed by atoms with Crippen LogP contribution in [0.5, 0.6) is 0 Å². The molecule has 2 fully saturated rings. The Morgan fingerprint density at radius 2 is 0.820 bits per heavy atom. The molecule has 0 amide bonds. The molecule has 2 unspecified atom stereocenters. The molecule has 0 radical (unpaired) electrons. The lowest BCUT2D eigenvalue weighted by Crippen LogP contribution is -2.52. The minimum Gasteiger partial charge on any atom is -0.378 e. The fraction of sp³-hybridized carbons (Fsp3) is 0.429. The Morgan fingerprint density at radius 3 is 1.11 bits per heavy atom. The predicted octanol–water partition coefficient (Wildman–Crippen LogP) is 8.04.